The fourth-order valence-electron chi connectivity index (χ4n) is 2.71. The van der Waals surface area contributed by atoms with Crippen molar-refractivity contribution >= 4 is 24.3 Å². The Balaban J connectivity index is 2.28. The smallest absolute Gasteiger partial charge is 0.399 e. The number of halogens is 1. The van der Waals surface area contributed by atoms with E-state index < -0.39 is 24.3 Å². The van der Waals surface area contributed by atoms with Crippen molar-refractivity contribution in [1.29, 1.82) is 0 Å². The van der Waals surface area contributed by atoms with Gasteiger partial charge in [-0.1, -0.05) is 19.9 Å². The van der Waals surface area contributed by atoms with Gasteiger partial charge in [0.15, 0.2) is 0 Å². The highest BCUT2D eigenvalue weighted by atomic mass is 32.2. The quantitative estimate of drug-likeness (QED) is 0.485. The predicted octanol–water partition coefficient (Wildman–Crippen LogP) is 3.27. The van der Waals surface area contributed by atoms with Crippen molar-refractivity contribution < 1.29 is 13.7 Å². The molecule has 0 radical (unpaired) electrons. The van der Waals surface area contributed by atoms with Crippen LogP contribution < -0.4 is 5.46 Å². The van der Waals surface area contributed by atoms with E-state index in [0.29, 0.717) is 16.4 Å². The number of nitrogens with zero attached hydrogens (tertiary/aromatic N) is 1. The molecule has 1 aliphatic rings. The Hall–Kier alpha value is -0.585. The Morgan fingerprint density at radius 1 is 1.29 bits per heavy atom. The van der Waals surface area contributed by atoms with Crippen molar-refractivity contribution in [2.75, 3.05) is 6.26 Å². The molecule has 0 saturated carbocycles. The van der Waals surface area contributed by atoms with Gasteiger partial charge in [-0.15, -0.1) is 11.8 Å². The lowest BCUT2D eigenvalue weighted by Crippen LogP contribution is -2.45. The first kappa shape index (κ1) is 16.8. The average molecular weight is 311 g/mol. The molecule has 0 aliphatic carbocycles. The van der Waals surface area contributed by atoms with Crippen LogP contribution in [0.5, 0.6) is 0 Å². The number of thioether (sulfide) groups is 1. The molecule has 0 bridgehead atoms. The minimum atomic E-state index is -0.702. The summed E-state index contributed by atoms with van der Waals surface area (Å²) in [7, 11) is -0.702. The lowest BCUT2D eigenvalue weighted by molar-refractivity contribution is -0.0239. The van der Waals surface area contributed by atoms with E-state index in [4.69, 9.17) is 9.31 Å². The Bertz CT molecular complexity index is 526. The maximum atomic E-state index is 14.2. The first-order chi connectivity index (χ1) is 9.68. The molecule has 6 heteroatoms. The van der Waals surface area contributed by atoms with Gasteiger partial charge in [-0.05, 0) is 45.4 Å². The van der Waals surface area contributed by atoms with Gasteiger partial charge in [0, 0.05) is 5.46 Å². The van der Waals surface area contributed by atoms with E-state index in [1.165, 1.54) is 11.8 Å². The second-order valence-corrected chi connectivity index (χ2v) is 7.47. The fraction of sp³-hybridized carbons (Fsp3) is 0.667. The number of hydrogen-bond donors (Lipinski definition) is 0. The van der Waals surface area contributed by atoms with E-state index in [1.54, 1.807) is 12.1 Å². The van der Waals surface area contributed by atoms with Crippen LogP contribution in [-0.2, 0) is 9.31 Å². The van der Waals surface area contributed by atoms with Gasteiger partial charge in [-0.3, -0.25) is 0 Å². The monoisotopic (exact) mass is 311 g/mol. The van der Waals surface area contributed by atoms with Crippen LogP contribution in [-0.4, -0.2) is 29.6 Å². The zero-order chi connectivity index (χ0) is 15.8. The van der Waals surface area contributed by atoms with Crippen molar-refractivity contribution in [2.24, 2.45) is 5.92 Å². The lowest BCUT2D eigenvalue weighted by atomic mass is 9.79. The molecule has 0 aromatic carbocycles. The molecule has 1 aromatic heterocycles. The Morgan fingerprint density at radius 2 is 1.95 bits per heavy atom. The van der Waals surface area contributed by atoms with Crippen LogP contribution in [0.3, 0.4) is 0 Å². The topological polar surface area (TPSA) is 31.4 Å². The zero-order valence-corrected chi connectivity index (χ0v) is 14.4. The maximum absolute atomic E-state index is 14.2. The number of aromatic nitrogens is 1. The van der Waals surface area contributed by atoms with Gasteiger partial charge in [0.25, 0.3) is 0 Å². The normalized spacial score (nSPS) is 24.9. The molecule has 0 amide bonds. The number of hydrogen-bond acceptors (Lipinski definition) is 4. The van der Waals surface area contributed by atoms with Crippen molar-refractivity contribution in [2.45, 2.75) is 57.3 Å². The van der Waals surface area contributed by atoms with Gasteiger partial charge in [-0.2, -0.15) is 4.39 Å². The Labute approximate surface area is 131 Å². The minimum absolute atomic E-state index is 0.369. The third-order valence-electron chi connectivity index (χ3n) is 4.16. The van der Waals surface area contributed by atoms with Crippen molar-refractivity contribution in [3.8, 4) is 0 Å². The molecule has 1 fully saturated rings. The second kappa shape index (κ2) is 5.90. The summed E-state index contributed by atoms with van der Waals surface area (Å²) >= 11 is 1.41. The Kier molecular flexibility index (Phi) is 4.71. The first-order valence-corrected chi connectivity index (χ1v) is 8.47. The molecule has 1 unspecified atom stereocenters. The molecular weight excluding hydrogens is 288 g/mol. The average Bonchev–Trinajstić information content (AvgIpc) is 2.58. The highest BCUT2D eigenvalue weighted by Crippen LogP contribution is 2.41. The standard InChI is InChI=1S/C15H23BFNO2S/c1-10(2)9-15(5)14(3,4)19-16(20-15)11-7-8-12(21-6)18-13(11)17/h7-8,10H,9H2,1-6H3. The van der Waals surface area contributed by atoms with Crippen LogP contribution in [0.25, 0.3) is 0 Å². The van der Waals surface area contributed by atoms with Crippen LogP contribution in [0.4, 0.5) is 4.39 Å². The summed E-state index contributed by atoms with van der Waals surface area (Å²) in [6.45, 7) is 10.3. The third kappa shape index (κ3) is 3.27. The summed E-state index contributed by atoms with van der Waals surface area (Å²) < 4.78 is 26.3. The van der Waals surface area contributed by atoms with E-state index in [0.717, 1.165) is 6.42 Å². The molecular formula is C15H23BFNO2S. The van der Waals surface area contributed by atoms with Crippen molar-refractivity contribution in [1.82, 2.24) is 4.98 Å². The fourth-order valence-corrected chi connectivity index (χ4v) is 3.09. The molecule has 116 valence electrons. The van der Waals surface area contributed by atoms with E-state index in [1.807, 2.05) is 27.0 Å². The van der Waals surface area contributed by atoms with Crippen LogP contribution in [0.2, 0.25) is 0 Å². The van der Waals surface area contributed by atoms with Gasteiger partial charge in [-0.25, -0.2) is 4.98 Å². The van der Waals surface area contributed by atoms with Crippen LogP contribution >= 0.6 is 11.8 Å². The molecule has 3 nitrogen and oxygen atoms in total. The summed E-state index contributed by atoms with van der Waals surface area (Å²) in [6, 6.07) is 3.50. The number of pyridine rings is 1. The van der Waals surface area contributed by atoms with Gasteiger partial charge >= 0.3 is 7.12 Å². The first-order valence-electron chi connectivity index (χ1n) is 7.24. The molecule has 0 N–H and O–H groups in total. The van der Waals surface area contributed by atoms with Gasteiger partial charge in [0.05, 0.1) is 16.2 Å². The maximum Gasteiger partial charge on any atom is 0.499 e. The van der Waals surface area contributed by atoms with Crippen molar-refractivity contribution in [3.63, 3.8) is 0 Å². The van der Waals surface area contributed by atoms with Gasteiger partial charge in [0.2, 0.25) is 5.95 Å². The number of rotatable bonds is 4. The molecule has 1 saturated heterocycles. The molecule has 1 aliphatic heterocycles. The molecule has 2 heterocycles. The lowest BCUT2D eigenvalue weighted by Gasteiger charge is -2.37. The predicted molar refractivity (Wildman–Crippen MR) is 85.5 cm³/mol. The molecule has 0 spiro atoms. The highest BCUT2D eigenvalue weighted by molar-refractivity contribution is 7.98. The summed E-state index contributed by atoms with van der Waals surface area (Å²) in [6.07, 6.45) is 2.72. The zero-order valence-electron chi connectivity index (χ0n) is 13.6. The molecule has 1 aromatic rings. The molecule has 1 atom stereocenters. The molecule has 2 rings (SSSR count). The van der Waals surface area contributed by atoms with E-state index in [9.17, 15) is 4.39 Å². The van der Waals surface area contributed by atoms with E-state index >= 15 is 0 Å². The summed E-state index contributed by atoms with van der Waals surface area (Å²) in [5, 5.41) is 0.651. The van der Waals surface area contributed by atoms with Crippen LogP contribution in [0.1, 0.15) is 41.0 Å². The third-order valence-corrected chi connectivity index (χ3v) is 4.80. The molecule has 21 heavy (non-hydrogen) atoms. The van der Waals surface area contributed by atoms with E-state index in [-0.39, 0.29) is 0 Å². The summed E-state index contributed by atoms with van der Waals surface area (Å²) in [5.41, 5.74) is -0.559. The minimum Gasteiger partial charge on any atom is -0.399 e. The largest absolute Gasteiger partial charge is 0.499 e. The van der Waals surface area contributed by atoms with Crippen molar-refractivity contribution in [3.05, 3.63) is 18.1 Å². The van der Waals surface area contributed by atoms with Gasteiger partial charge in [0.1, 0.15) is 0 Å². The van der Waals surface area contributed by atoms with Crippen LogP contribution in [0.15, 0.2) is 17.2 Å². The van der Waals surface area contributed by atoms with Gasteiger partial charge < -0.3 is 9.31 Å². The Morgan fingerprint density at radius 3 is 2.48 bits per heavy atom. The second-order valence-electron chi connectivity index (χ2n) is 6.64. The van der Waals surface area contributed by atoms with E-state index in [2.05, 4.69) is 18.8 Å². The SMILES string of the molecule is CSc1ccc(B2OC(C)(C)C(C)(CC(C)C)O2)c(F)n1. The summed E-state index contributed by atoms with van der Waals surface area (Å²) in [5.74, 6) is -0.0464. The van der Waals surface area contributed by atoms with Crippen LogP contribution in [0, 0.1) is 11.9 Å². The summed E-state index contributed by atoms with van der Waals surface area (Å²) in [4.78, 5) is 3.93. The highest BCUT2D eigenvalue weighted by Gasteiger charge is 2.55.